The third-order valence-corrected chi connectivity index (χ3v) is 5.02. The molecule has 0 saturated carbocycles. The number of nitrogens with zero attached hydrogens (tertiary/aromatic N) is 2. The van der Waals surface area contributed by atoms with Crippen LogP contribution in [0.25, 0.3) is 22.2 Å². The van der Waals surface area contributed by atoms with Crippen molar-refractivity contribution >= 4 is 33.8 Å². The molecule has 4 nitrogen and oxygen atoms in total. The summed E-state index contributed by atoms with van der Waals surface area (Å²) in [5.74, 6) is 0.819. The Hall–Kier alpha value is -2.59. The molecule has 0 bridgehead atoms. The quantitative estimate of drug-likeness (QED) is 0.695. The average molecular weight is 366 g/mol. The second-order valence-electron chi connectivity index (χ2n) is 6.91. The normalized spacial score (nSPS) is 13.8. The minimum Gasteiger partial charge on any atom is -0.384 e. The molecule has 4 rings (SSSR count). The molecule has 5 heteroatoms. The maximum atomic E-state index is 13.4. The number of nitrogens with one attached hydrogen (secondary N) is 1. The molecule has 0 spiro atoms. The van der Waals surface area contributed by atoms with Crippen LogP contribution in [0.5, 0.6) is 0 Å². The van der Waals surface area contributed by atoms with Gasteiger partial charge in [-0.3, -0.25) is 9.36 Å². The number of rotatable bonds is 2. The standard InChI is InChI=1S/C21H20ClN3O/c1-12(2)20-24-19-16(8-9-17-18(19)13(3)10-11-23-17)21(26)25(20)15-6-4-14(22)5-7-15/h4-9,12,23H,3,10-11H2,1-2H3. The van der Waals surface area contributed by atoms with Crippen molar-refractivity contribution in [2.45, 2.75) is 26.2 Å². The molecule has 26 heavy (non-hydrogen) atoms. The summed E-state index contributed by atoms with van der Waals surface area (Å²) >= 11 is 6.01. The topological polar surface area (TPSA) is 46.9 Å². The minimum atomic E-state index is -0.0674. The van der Waals surface area contributed by atoms with E-state index in [0.29, 0.717) is 10.4 Å². The van der Waals surface area contributed by atoms with Gasteiger partial charge in [0.05, 0.1) is 16.6 Å². The van der Waals surface area contributed by atoms with E-state index >= 15 is 0 Å². The van der Waals surface area contributed by atoms with Crippen molar-refractivity contribution in [3.8, 4) is 5.69 Å². The number of anilines is 1. The summed E-state index contributed by atoms with van der Waals surface area (Å²) in [6.07, 6.45) is 0.852. The molecule has 0 amide bonds. The van der Waals surface area contributed by atoms with Crippen molar-refractivity contribution in [2.24, 2.45) is 0 Å². The van der Waals surface area contributed by atoms with Crippen LogP contribution in [-0.4, -0.2) is 16.1 Å². The van der Waals surface area contributed by atoms with Crippen molar-refractivity contribution in [1.82, 2.24) is 9.55 Å². The molecule has 132 valence electrons. The van der Waals surface area contributed by atoms with Crippen LogP contribution in [0.3, 0.4) is 0 Å². The van der Waals surface area contributed by atoms with E-state index in [2.05, 4.69) is 11.9 Å². The zero-order valence-corrected chi connectivity index (χ0v) is 15.6. The zero-order chi connectivity index (χ0) is 18.4. The van der Waals surface area contributed by atoms with Gasteiger partial charge in [-0.25, -0.2) is 4.98 Å². The van der Waals surface area contributed by atoms with Gasteiger partial charge < -0.3 is 5.32 Å². The molecule has 2 aromatic carbocycles. The average Bonchev–Trinajstić information content (AvgIpc) is 2.62. The van der Waals surface area contributed by atoms with Crippen LogP contribution in [0.4, 0.5) is 5.69 Å². The molecule has 1 aliphatic rings. The highest BCUT2D eigenvalue weighted by Gasteiger charge is 2.21. The van der Waals surface area contributed by atoms with Crippen LogP contribution in [0.1, 0.15) is 37.6 Å². The first-order valence-electron chi connectivity index (χ1n) is 8.75. The van der Waals surface area contributed by atoms with Crippen LogP contribution in [0.2, 0.25) is 5.02 Å². The van der Waals surface area contributed by atoms with E-state index < -0.39 is 0 Å². The summed E-state index contributed by atoms with van der Waals surface area (Å²) in [4.78, 5) is 18.3. The minimum absolute atomic E-state index is 0.0674. The molecular formula is C21H20ClN3O. The van der Waals surface area contributed by atoms with Crippen molar-refractivity contribution in [3.63, 3.8) is 0 Å². The Bertz CT molecular complexity index is 1080. The first-order chi connectivity index (χ1) is 12.5. The molecular weight excluding hydrogens is 346 g/mol. The van der Waals surface area contributed by atoms with E-state index in [1.807, 2.05) is 38.1 Å². The lowest BCUT2D eigenvalue weighted by molar-refractivity contribution is 0.723. The predicted molar refractivity (Wildman–Crippen MR) is 109 cm³/mol. The molecule has 1 aliphatic heterocycles. The lowest BCUT2D eigenvalue weighted by Crippen LogP contribution is -2.25. The molecule has 0 saturated heterocycles. The Labute approximate surface area is 157 Å². The van der Waals surface area contributed by atoms with E-state index in [9.17, 15) is 4.79 Å². The molecule has 0 atom stereocenters. The smallest absolute Gasteiger partial charge is 0.266 e. The van der Waals surface area contributed by atoms with Crippen LogP contribution >= 0.6 is 11.6 Å². The monoisotopic (exact) mass is 365 g/mol. The number of hydrogen-bond acceptors (Lipinski definition) is 3. The highest BCUT2D eigenvalue weighted by Crippen LogP contribution is 2.35. The largest absolute Gasteiger partial charge is 0.384 e. The second-order valence-corrected chi connectivity index (χ2v) is 7.34. The number of benzene rings is 2. The van der Waals surface area contributed by atoms with Gasteiger partial charge in [0.15, 0.2) is 0 Å². The summed E-state index contributed by atoms with van der Waals surface area (Å²) in [6.45, 7) is 9.14. The van der Waals surface area contributed by atoms with Crippen molar-refractivity contribution in [2.75, 3.05) is 11.9 Å². The van der Waals surface area contributed by atoms with Crippen molar-refractivity contribution in [3.05, 3.63) is 69.7 Å². The number of fused-ring (bicyclic) bond motifs is 3. The van der Waals surface area contributed by atoms with E-state index in [1.165, 1.54) is 0 Å². The molecule has 0 aliphatic carbocycles. The number of hydrogen-bond donors (Lipinski definition) is 1. The number of halogens is 1. The molecule has 3 aromatic rings. The third-order valence-electron chi connectivity index (χ3n) is 4.76. The molecule has 0 unspecified atom stereocenters. The van der Waals surface area contributed by atoms with Gasteiger partial charge in [-0.2, -0.15) is 0 Å². The maximum absolute atomic E-state index is 13.4. The van der Waals surface area contributed by atoms with Gasteiger partial charge >= 0.3 is 0 Å². The van der Waals surface area contributed by atoms with E-state index in [1.54, 1.807) is 16.7 Å². The second kappa shape index (κ2) is 6.29. The summed E-state index contributed by atoms with van der Waals surface area (Å²) in [5.41, 5.74) is 4.43. The third kappa shape index (κ3) is 2.61. The summed E-state index contributed by atoms with van der Waals surface area (Å²) in [6, 6.07) is 11.1. The van der Waals surface area contributed by atoms with Crippen LogP contribution in [-0.2, 0) is 0 Å². The van der Waals surface area contributed by atoms with Crippen molar-refractivity contribution < 1.29 is 0 Å². The highest BCUT2D eigenvalue weighted by molar-refractivity contribution is 6.30. The Balaban J connectivity index is 2.09. The molecule has 0 fully saturated rings. The SMILES string of the molecule is C=C1CCNc2ccc3c(=O)n(-c4ccc(Cl)cc4)c(C(C)C)nc3c21. The number of aromatic nitrogens is 2. The van der Waals surface area contributed by atoms with Crippen LogP contribution < -0.4 is 10.9 Å². The Morgan fingerprint density at radius 1 is 1.19 bits per heavy atom. The van der Waals surface area contributed by atoms with Gasteiger partial charge in [0.25, 0.3) is 5.56 Å². The Morgan fingerprint density at radius 2 is 1.92 bits per heavy atom. The summed E-state index contributed by atoms with van der Waals surface area (Å²) in [7, 11) is 0. The summed E-state index contributed by atoms with van der Waals surface area (Å²) < 4.78 is 1.69. The van der Waals surface area contributed by atoms with E-state index in [-0.39, 0.29) is 11.5 Å². The fourth-order valence-electron chi connectivity index (χ4n) is 3.47. The van der Waals surface area contributed by atoms with Gasteiger partial charge in [0.1, 0.15) is 5.82 Å². The first kappa shape index (κ1) is 16.9. The van der Waals surface area contributed by atoms with Gasteiger partial charge in [-0.15, -0.1) is 0 Å². The zero-order valence-electron chi connectivity index (χ0n) is 14.8. The molecule has 2 heterocycles. The van der Waals surface area contributed by atoms with Gasteiger partial charge in [-0.1, -0.05) is 32.0 Å². The van der Waals surface area contributed by atoms with Crippen molar-refractivity contribution in [1.29, 1.82) is 0 Å². The Morgan fingerprint density at radius 3 is 2.62 bits per heavy atom. The fourth-order valence-corrected chi connectivity index (χ4v) is 3.60. The van der Waals surface area contributed by atoms with Crippen LogP contribution in [0.15, 0.2) is 47.8 Å². The highest BCUT2D eigenvalue weighted by atomic mass is 35.5. The Kier molecular flexibility index (Phi) is 4.08. The molecule has 1 N–H and O–H groups in total. The lowest BCUT2D eigenvalue weighted by atomic mass is 9.95. The van der Waals surface area contributed by atoms with Gasteiger partial charge in [0.2, 0.25) is 0 Å². The first-order valence-corrected chi connectivity index (χ1v) is 9.13. The molecule has 1 aromatic heterocycles. The molecule has 0 radical (unpaired) electrons. The predicted octanol–water partition coefficient (Wildman–Crippen LogP) is 4.99. The lowest BCUT2D eigenvalue weighted by Gasteiger charge is -2.23. The maximum Gasteiger partial charge on any atom is 0.266 e. The van der Waals surface area contributed by atoms with E-state index in [0.717, 1.165) is 46.8 Å². The fraction of sp³-hybridized carbons (Fsp3) is 0.238. The van der Waals surface area contributed by atoms with Gasteiger partial charge in [0, 0.05) is 28.7 Å². The van der Waals surface area contributed by atoms with E-state index in [4.69, 9.17) is 16.6 Å². The van der Waals surface area contributed by atoms with Crippen LogP contribution in [0, 0.1) is 0 Å². The van der Waals surface area contributed by atoms with Gasteiger partial charge in [-0.05, 0) is 48.4 Å². The summed E-state index contributed by atoms with van der Waals surface area (Å²) in [5, 5.41) is 4.62.